The van der Waals surface area contributed by atoms with Gasteiger partial charge in [0.05, 0.1) is 12.1 Å². The summed E-state index contributed by atoms with van der Waals surface area (Å²) in [5.41, 5.74) is 0.878. The molecule has 122 valence electrons. The van der Waals surface area contributed by atoms with Gasteiger partial charge in [-0.1, -0.05) is 18.2 Å². The smallest absolute Gasteiger partial charge is 0.247 e. The molecular formula is C17H21N3O3. The topological polar surface area (TPSA) is 77.3 Å². The maximum Gasteiger partial charge on any atom is 0.247 e. The molecule has 1 aromatic heterocycles. The Morgan fingerprint density at radius 1 is 1.35 bits per heavy atom. The number of aromatic nitrogens is 2. The van der Waals surface area contributed by atoms with Crippen molar-refractivity contribution in [3.05, 3.63) is 36.2 Å². The second-order valence-corrected chi connectivity index (χ2v) is 5.77. The third kappa shape index (κ3) is 4.16. The van der Waals surface area contributed by atoms with Crippen molar-refractivity contribution >= 4 is 5.91 Å². The fourth-order valence-corrected chi connectivity index (χ4v) is 2.69. The molecule has 1 aromatic carbocycles. The number of benzene rings is 1. The van der Waals surface area contributed by atoms with Crippen LogP contribution in [0.25, 0.3) is 11.5 Å². The SMILES string of the molecule is C[C@@H](NC(=O)CCc1nnc(-c2ccccc2)o1)[C@@H]1CCCO1. The average Bonchev–Trinajstić information content (AvgIpc) is 3.25. The lowest BCUT2D eigenvalue weighted by atomic mass is 10.1. The lowest BCUT2D eigenvalue weighted by molar-refractivity contribution is -0.122. The third-order valence-corrected chi connectivity index (χ3v) is 3.96. The molecule has 0 unspecified atom stereocenters. The van der Waals surface area contributed by atoms with E-state index in [0.29, 0.717) is 24.6 Å². The monoisotopic (exact) mass is 315 g/mol. The lowest BCUT2D eigenvalue weighted by Crippen LogP contribution is -2.40. The fraction of sp³-hybridized carbons (Fsp3) is 0.471. The molecule has 0 radical (unpaired) electrons. The zero-order valence-corrected chi connectivity index (χ0v) is 13.2. The van der Waals surface area contributed by atoms with E-state index in [4.69, 9.17) is 9.15 Å². The summed E-state index contributed by atoms with van der Waals surface area (Å²) in [7, 11) is 0. The quantitative estimate of drug-likeness (QED) is 0.885. The van der Waals surface area contributed by atoms with E-state index in [-0.39, 0.29) is 18.1 Å². The molecule has 1 aliphatic heterocycles. The Morgan fingerprint density at radius 3 is 2.91 bits per heavy atom. The van der Waals surface area contributed by atoms with Crippen molar-refractivity contribution in [3.63, 3.8) is 0 Å². The summed E-state index contributed by atoms with van der Waals surface area (Å²) in [5.74, 6) is 0.935. The summed E-state index contributed by atoms with van der Waals surface area (Å²) in [6.45, 7) is 2.77. The molecular weight excluding hydrogens is 294 g/mol. The molecule has 1 fully saturated rings. The molecule has 6 nitrogen and oxygen atoms in total. The fourth-order valence-electron chi connectivity index (χ4n) is 2.69. The number of nitrogens with one attached hydrogen (secondary N) is 1. The maximum absolute atomic E-state index is 12.0. The Morgan fingerprint density at radius 2 is 2.17 bits per heavy atom. The van der Waals surface area contributed by atoms with E-state index in [1.807, 2.05) is 37.3 Å². The number of ether oxygens (including phenoxy) is 1. The van der Waals surface area contributed by atoms with Gasteiger partial charge >= 0.3 is 0 Å². The molecule has 2 heterocycles. The number of hydrogen-bond donors (Lipinski definition) is 1. The summed E-state index contributed by atoms with van der Waals surface area (Å²) >= 11 is 0. The van der Waals surface area contributed by atoms with E-state index in [1.54, 1.807) is 0 Å². The minimum atomic E-state index is -0.0209. The minimum absolute atomic E-state index is 0.0209. The number of aryl methyl sites for hydroxylation is 1. The van der Waals surface area contributed by atoms with Crippen LogP contribution in [0.2, 0.25) is 0 Å². The molecule has 2 atom stereocenters. The van der Waals surface area contributed by atoms with Crippen molar-refractivity contribution in [1.29, 1.82) is 0 Å². The first-order valence-electron chi connectivity index (χ1n) is 8.01. The van der Waals surface area contributed by atoms with Crippen molar-refractivity contribution < 1.29 is 13.9 Å². The van der Waals surface area contributed by atoms with Gasteiger partial charge in [0, 0.05) is 25.0 Å². The van der Waals surface area contributed by atoms with Gasteiger partial charge in [-0.2, -0.15) is 0 Å². The molecule has 1 saturated heterocycles. The molecule has 0 saturated carbocycles. The van der Waals surface area contributed by atoms with Gasteiger partial charge in [0.1, 0.15) is 0 Å². The van der Waals surface area contributed by atoms with Crippen LogP contribution in [-0.2, 0) is 16.0 Å². The molecule has 1 aliphatic rings. The maximum atomic E-state index is 12.0. The number of amides is 1. The predicted octanol–water partition coefficient (Wildman–Crippen LogP) is 2.35. The van der Waals surface area contributed by atoms with E-state index >= 15 is 0 Å². The highest BCUT2D eigenvalue weighted by Crippen LogP contribution is 2.18. The number of carbonyl (C=O) groups is 1. The van der Waals surface area contributed by atoms with Crippen LogP contribution in [0.5, 0.6) is 0 Å². The summed E-state index contributed by atoms with van der Waals surface area (Å²) in [4.78, 5) is 12.0. The van der Waals surface area contributed by atoms with Crippen LogP contribution in [0.15, 0.2) is 34.7 Å². The first-order chi connectivity index (χ1) is 11.2. The molecule has 0 bridgehead atoms. The van der Waals surface area contributed by atoms with E-state index < -0.39 is 0 Å². The van der Waals surface area contributed by atoms with Gasteiger partial charge in [0.15, 0.2) is 0 Å². The van der Waals surface area contributed by atoms with Crippen molar-refractivity contribution in [2.24, 2.45) is 0 Å². The van der Waals surface area contributed by atoms with Gasteiger partial charge in [-0.05, 0) is 31.9 Å². The number of rotatable bonds is 6. The molecule has 1 amide bonds. The number of hydrogen-bond acceptors (Lipinski definition) is 5. The molecule has 3 rings (SSSR count). The number of nitrogens with zero attached hydrogens (tertiary/aromatic N) is 2. The van der Waals surface area contributed by atoms with E-state index in [1.165, 1.54) is 0 Å². The average molecular weight is 315 g/mol. The highest BCUT2D eigenvalue weighted by molar-refractivity contribution is 5.76. The van der Waals surface area contributed by atoms with E-state index in [0.717, 1.165) is 25.0 Å². The van der Waals surface area contributed by atoms with Crippen molar-refractivity contribution in [3.8, 4) is 11.5 Å². The predicted molar refractivity (Wildman–Crippen MR) is 84.6 cm³/mol. The van der Waals surface area contributed by atoms with Crippen LogP contribution in [-0.4, -0.2) is 34.9 Å². The van der Waals surface area contributed by atoms with Crippen LogP contribution in [0.4, 0.5) is 0 Å². The van der Waals surface area contributed by atoms with Gasteiger partial charge in [0.25, 0.3) is 0 Å². The minimum Gasteiger partial charge on any atom is -0.421 e. The van der Waals surface area contributed by atoms with E-state index in [9.17, 15) is 4.79 Å². The summed E-state index contributed by atoms with van der Waals surface area (Å²) in [5, 5.41) is 11.0. The summed E-state index contributed by atoms with van der Waals surface area (Å²) in [6.07, 6.45) is 2.96. The van der Waals surface area contributed by atoms with Gasteiger partial charge in [0.2, 0.25) is 17.7 Å². The second kappa shape index (κ2) is 7.37. The van der Waals surface area contributed by atoms with Gasteiger partial charge < -0.3 is 14.5 Å². The van der Waals surface area contributed by atoms with Gasteiger partial charge in [-0.3, -0.25) is 4.79 Å². The highest BCUT2D eigenvalue weighted by atomic mass is 16.5. The largest absolute Gasteiger partial charge is 0.421 e. The van der Waals surface area contributed by atoms with Crippen molar-refractivity contribution in [2.75, 3.05) is 6.61 Å². The zero-order valence-electron chi connectivity index (χ0n) is 13.2. The van der Waals surface area contributed by atoms with Crippen LogP contribution in [0, 0.1) is 0 Å². The van der Waals surface area contributed by atoms with Crippen molar-refractivity contribution in [2.45, 2.75) is 44.8 Å². The van der Waals surface area contributed by atoms with Crippen LogP contribution >= 0.6 is 0 Å². The Hall–Kier alpha value is -2.21. The summed E-state index contributed by atoms with van der Waals surface area (Å²) in [6, 6.07) is 9.62. The standard InChI is InChI=1S/C17H21N3O3/c1-12(14-8-5-11-22-14)18-15(21)9-10-16-19-20-17(23-16)13-6-3-2-4-7-13/h2-4,6-7,12,14H,5,8-11H2,1H3,(H,18,21)/t12-,14+/m1/s1. The summed E-state index contributed by atoms with van der Waals surface area (Å²) < 4.78 is 11.2. The first kappa shape index (κ1) is 15.7. The van der Waals surface area contributed by atoms with Crippen LogP contribution in [0.3, 0.4) is 0 Å². The Bertz CT molecular complexity index is 636. The van der Waals surface area contributed by atoms with Gasteiger partial charge in [-0.25, -0.2) is 0 Å². The molecule has 1 N–H and O–H groups in total. The molecule has 6 heteroatoms. The van der Waals surface area contributed by atoms with Crippen LogP contribution in [0.1, 0.15) is 32.1 Å². The molecule has 2 aromatic rings. The van der Waals surface area contributed by atoms with Crippen LogP contribution < -0.4 is 5.32 Å². The molecule has 0 aliphatic carbocycles. The normalized spacial score (nSPS) is 18.7. The van der Waals surface area contributed by atoms with E-state index in [2.05, 4.69) is 15.5 Å². The second-order valence-electron chi connectivity index (χ2n) is 5.77. The van der Waals surface area contributed by atoms with Gasteiger partial charge in [-0.15, -0.1) is 10.2 Å². The molecule has 0 spiro atoms. The Balaban J connectivity index is 1.48. The third-order valence-electron chi connectivity index (χ3n) is 3.96. The Kier molecular flexibility index (Phi) is 5.02. The lowest BCUT2D eigenvalue weighted by Gasteiger charge is -2.19. The van der Waals surface area contributed by atoms with Crippen molar-refractivity contribution in [1.82, 2.24) is 15.5 Å². The number of carbonyl (C=O) groups excluding carboxylic acids is 1. The first-order valence-corrected chi connectivity index (χ1v) is 8.01. The Labute approximate surface area is 135 Å². The highest BCUT2D eigenvalue weighted by Gasteiger charge is 2.23. The molecule has 23 heavy (non-hydrogen) atoms. The zero-order chi connectivity index (χ0) is 16.1.